The van der Waals surface area contributed by atoms with E-state index in [4.69, 9.17) is 4.98 Å². The zero-order valence-corrected chi connectivity index (χ0v) is 28.1. The number of fused-ring (bicyclic) bond motifs is 6. The molecular formula is C48H34N2. The monoisotopic (exact) mass is 638 g/mol. The average molecular weight is 639 g/mol. The lowest BCUT2D eigenvalue weighted by atomic mass is 9.79. The molecule has 236 valence electrons. The van der Waals surface area contributed by atoms with Gasteiger partial charge in [0.2, 0.25) is 0 Å². The molecule has 0 saturated carbocycles. The van der Waals surface area contributed by atoms with E-state index in [1.54, 1.807) is 0 Å². The number of imidazole rings is 1. The van der Waals surface area contributed by atoms with Crippen molar-refractivity contribution >= 4 is 32.6 Å². The molecule has 0 aliphatic heterocycles. The summed E-state index contributed by atoms with van der Waals surface area (Å²) in [6, 6.07) is 61.7. The first kappa shape index (κ1) is 28.7. The molecule has 0 N–H and O–H groups in total. The fraction of sp³-hybridized carbons (Fsp3) is 0.0625. The van der Waals surface area contributed by atoms with Gasteiger partial charge in [0.1, 0.15) is 5.82 Å². The number of para-hydroxylation sites is 3. The van der Waals surface area contributed by atoms with E-state index in [9.17, 15) is 0 Å². The van der Waals surface area contributed by atoms with Gasteiger partial charge >= 0.3 is 0 Å². The van der Waals surface area contributed by atoms with Crippen LogP contribution in [0.25, 0.3) is 83.0 Å². The highest BCUT2D eigenvalue weighted by Gasteiger charge is 2.36. The predicted molar refractivity (Wildman–Crippen MR) is 210 cm³/mol. The molecule has 0 bridgehead atoms. The molecule has 9 aromatic rings. The standard InChI is InChI=1S/C48H34N2/c1-48(2)41-26-14-13-22-34(41)38-29-39-40(30-42(38)48)46(47-49-43-27-15-16-28-44(43)50(47)32-19-7-4-8-20-32)37-25-12-11-24-36(37)45(39)35-23-10-9-21-33(35)31-17-5-3-6-18-31/h3-30H,1-2H3. The minimum atomic E-state index is -0.148. The average Bonchev–Trinajstić information content (AvgIpc) is 3.66. The molecule has 0 saturated heterocycles. The van der Waals surface area contributed by atoms with Gasteiger partial charge in [-0.15, -0.1) is 0 Å². The maximum atomic E-state index is 5.46. The first-order chi connectivity index (χ1) is 24.6. The van der Waals surface area contributed by atoms with Crippen LogP contribution in [0.4, 0.5) is 0 Å². The van der Waals surface area contributed by atoms with Crippen LogP contribution in [0.15, 0.2) is 170 Å². The topological polar surface area (TPSA) is 17.8 Å². The molecule has 0 radical (unpaired) electrons. The maximum absolute atomic E-state index is 5.46. The highest BCUT2D eigenvalue weighted by Crippen LogP contribution is 2.54. The normalized spacial score (nSPS) is 13.2. The molecule has 0 fully saturated rings. The molecule has 2 nitrogen and oxygen atoms in total. The molecule has 50 heavy (non-hydrogen) atoms. The van der Waals surface area contributed by atoms with Crippen molar-refractivity contribution in [3.05, 3.63) is 181 Å². The summed E-state index contributed by atoms with van der Waals surface area (Å²) in [5.74, 6) is 0.953. The first-order valence-corrected chi connectivity index (χ1v) is 17.4. The lowest BCUT2D eigenvalue weighted by molar-refractivity contribution is 0.661. The van der Waals surface area contributed by atoms with Crippen LogP contribution < -0.4 is 0 Å². The van der Waals surface area contributed by atoms with Crippen LogP contribution in [0.1, 0.15) is 25.0 Å². The van der Waals surface area contributed by atoms with E-state index >= 15 is 0 Å². The van der Waals surface area contributed by atoms with Gasteiger partial charge in [0, 0.05) is 16.7 Å². The van der Waals surface area contributed by atoms with Crippen molar-refractivity contribution in [1.29, 1.82) is 0 Å². The zero-order valence-electron chi connectivity index (χ0n) is 28.1. The number of rotatable bonds is 4. The Morgan fingerprint density at radius 1 is 0.440 bits per heavy atom. The molecule has 0 atom stereocenters. The van der Waals surface area contributed by atoms with Crippen LogP contribution in [0.2, 0.25) is 0 Å². The predicted octanol–water partition coefficient (Wildman–Crippen LogP) is 12.6. The Morgan fingerprint density at radius 3 is 1.80 bits per heavy atom. The Labute approximate surface area is 291 Å². The summed E-state index contributed by atoms with van der Waals surface area (Å²) in [7, 11) is 0. The van der Waals surface area contributed by atoms with Crippen LogP contribution in [0, 0.1) is 0 Å². The maximum Gasteiger partial charge on any atom is 0.146 e. The SMILES string of the molecule is CC1(C)c2ccccc2-c2cc3c(-c4ccccc4-c4ccccc4)c4ccccc4c(-c4nc5ccccc5n4-c4ccccc4)c3cc21. The van der Waals surface area contributed by atoms with Gasteiger partial charge in [-0.25, -0.2) is 4.98 Å². The van der Waals surface area contributed by atoms with Gasteiger partial charge in [-0.3, -0.25) is 4.57 Å². The minimum Gasteiger partial charge on any atom is -0.292 e. The van der Waals surface area contributed by atoms with Crippen molar-refractivity contribution in [2.45, 2.75) is 19.3 Å². The van der Waals surface area contributed by atoms with Crippen molar-refractivity contribution in [3.8, 4) is 50.5 Å². The van der Waals surface area contributed by atoms with Crippen molar-refractivity contribution < 1.29 is 0 Å². The summed E-state index contributed by atoms with van der Waals surface area (Å²) < 4.78 is 2.35. The third kappa shape index (κ3) is 4.12. The molecule has 0 spiro atoms. The van der Waals surface area contributed by atoms with Gasteiger partial charge in [-0.2, -0.15) is 0 Å². The second-order valence-corrected chi connectivity index (χ2v) is 13.9. The largest absolute Gasteiger partial charge is 0.292 e. The summed E-state index contributed by atoms with van der Waals surface area (Å²) >= 11 is 0. The lowest BCUT2D eigenvalue weighted by Gasteiger charge is -2.24. The summed E-state index contributed by atoms with van der Waals surface area (Å²) in [6.45, 7) is 4.74. The second-order valence-electron chi connectivity index (χ2n) is 13.9. The number of aromatic nitrogens is 2. The third-order valence-electron chi connectivity index (χ3n) is 10.8. The molecule has 1 heterocycles. The Kier molecular flexibility index (Phi) is 6.25. The molecule has 0 unspecified atom stereocenters. The Hall–Kier alpha value is -6.25. The van der Waals surface area contributed by atoms with E-state index < -0.39 is 0 Å². The summed E-state index contributed by atoms with van der Waals surface area (Å²) in [4.78, 5) is 5.46. The van der Waals surface area contributed by atoms with E-state index in [1.165, 1.54) is 66.1 Å². The first-order valence-electron chi connectivity index (χ1n) is 17.4. The van der Waals surface area contributed by atoms with Crippen molar-refractivity contribution in [3.63, 3.8) is 0 Å². The Balaban J connectivity index is 1.42. The smallest absolute Gasteiger partial charge is 0.146 e. The van der Waals surface area contributed by atoms with Crippen molar-refractivity contribution in [2.24, 2.45) is 0 Å². The second kappa shape index (κ2) is 10.9. The zero-order chi connectivity index (χ0) is 33.4. The van der Waals surface area contributed by atoms with Crippen LogP contribution in [-0.2, 0) is 5.41 Å². The highest BCUT2D eigenvalue weighted by molar-refractivity contribution is 6.23. The van der Waals surface area contributed by atoms with Crippen LogP contribution in [0.5, 0.6) is 0 Å². The Bertz CT molecular complexity index is 2770. The van der Waals surface area contributed by atoms with Gasteiger partial charge in [0.05, 0.1) is 11.0 Å². The fourth-order valence-electron chi connectivity index (χ4n) is 8.50. The molecule has 8 aromatic carbocycles. The van der Waals surface area contributed by atoms with Crippen LogP contribution in [0.3, 0.4) is 0 Å². The lowest BCUT2D eigenvalue weighted by Crippen LogP contribution is -2.15. The van der Waals surface area contributed by atoms with E-state index in [0.717, 1.165) is 28.1 Å². The van der Waals surface area contributed by atoms with E-state index in [1.807, 2.05) is 0 Å². The third-order valence-corrected chi connectivity index (χ3v) is 10.8. The van der Waals surface area contributed by atoms with Gasteiger partial charge in [-0.05, 0) is 102 Å². The van der Waals surface area contributed by atoms with Gasteiger partial charge in [-0.1, -0.05) is 147 Å². The summed E-state index contributed by atoms with van der Waals surface area (Å²) in [5, 5.41) is 4.86. The van der Waals surface area contributed by atoms with Crippen LogP contribution >= 0.6 is 0 Å². The quantitative estimate of drug-likeness (QED) is 0.175. The Morgan fingerprint density at radius 2 is 1.02 bits per heavy atom. The van der Waals surface area contributed by atoms with Gasteiger partial charge in [0.15, 0.2) is 0 Å². The molecular weight excluding hydrogens is 605 g/mol. The summed E-state index contributed by atoms with van der Waals surface area (Å²) in [5.41, 5.74) is 14.5. The minimum absolute atomic E-state index is 0.148. The number of hydrogen-bond acceptors (Lipinski definition) is 1. The molecule has 2 heteroatoms. The van der Waals surface area contributed by atoms with Gasteiger partial charge in [0.25, 0.3) is 0 Å². The molecule has 1 aliphatic carbocycles. The number of benzene rings is 8. The van der Waals surface area contributed by atoms with Crippen LogP contribution in [-0.4, -0.2) is 9.55 Å². The highest BCUT2D eigenvalue weighted by atomic mass is 15.1. The number of hydrogen-bond donors (Lipinski definition) is 0. The van der Waals surface area contributed by atoms with E-state index in [-0.39, 0.29) is 5.41 Å². The van der Waals surface area contributed by atoms with E-state index in [0.29, 0.717) is 0 Å². The fourth-order valence-corrected chi connectivity index (χ4v) is 8.50. The van der Waals surface area contributed by atoms with Crippen molar-refractivity contribution in [1.82, 2.24) is 9.55 Å². The molecule has 0 amide bonds. The summed E-state index contributed by atoms with van der Waals surface area (Å²) in [6.07, 6.45) is 0. The number of nitrogens with zero attached hydrogens (tertiary/aromatic N) is 2. The van der Waals surface area contributed by atoms with E-state index in [2.05, 4.69) is 188 Å². The molecule has 1 aliphatic rings. The molecule has 1 aromatic heterocycles. The van der Waals surface area contributed by atoms with Gasteiger partial charge < -0.3 is 0 Å². The van der Waals surface area contributed by atoms with Crippen molar-refractivity contribution in [2.75, 3.05) is 0 Å². The molecule has 10 rings (SSSR count).